The molecule has 2 aromatic rings. The molecule has 0 amide bonds. The molecule has 0 aliphatic rings. The second-order valence-electron chi connectivity index (χ2n) is 6.04. The van der Waals surface area contributed by atoms with Gasteiger partial charge >= 0.3 is 5.69 Å². The van der Waals surface area contributed by atoms with Gasteiger partial charge in [-0.3, -0.25) is 13.9 Å². The Labute approximate surface area is 129 Å². The van der Waals surface area contributed by atoms with Gasteiger partial charge in [-0.1, -0.05) is 20.8 Å². The number of fused-ring (bicyclic) bond motifs is 1. The molecule has 7 nitrogen and oxygen atoms in total. The summed E-state index contributed by atoms with van der Waals surface area (Å²) in [6, 6.07) is 0. The molecule has 0 saturated heterocycles. The van der Waals surface area contributed by atoms with Crippen LogP contribution in [0.3, 0.4) is 0 Å². The number of hydrogen-bond donors (Lipinski definition) is 1. The van der Waals surface area contributed by atoms with Gasteiger partial charge in [-0.2, -0.15) is 0 Å². The minimum Gasteiger partial charge on any atom is -0.329 e. The molecule has 0 aliphatic carbocycles. The van der Waals surface area contributed by atoms with Crippen molar-refractivity contribution in [2.75, 3.05) is 6.54 Å². The fraction of sp³-hybridized carbons (Fsp3) is 0.667. The van der Waals surface area contributed by atoms with Gasteiger partial charge in [-0.25, -0.2) is 9.78 Å². The van der Waals surface area contributed by atoms with E-state index in [0.717, 1.165) is 23.2 Å². The number of aromatic nitrogens is 4. The summed E-state index contributed by atoms with van der Waals surface area (Å²) in [5.74, 6) is 1.23. The van der Waals surface area contributed by atoms with Crippen molar-refractivity contribution in [3.63, 3.8) is 0 Å². The van der Waals surface area contributed by atoms with Crippen molar-refractivity contribution in [3.05, 3.63) is 26.7 Å². The molecule has 0 fully saturated rings. The Hall–Kier alpha value is -1.89. The molecule has 0 atom stereocenters. The average Bonchev–Trinajstić information content (AvgIpc) is 2.79. The number of aryl methyl sites for hydroxylation is 1. The van der Waals surface area contributed by atoms with Crippen LogP contribution in [0.15, 0.2) is 9.59 Å². The maximum Gasteiger partial charge on any atom is 0.332 e. The molecule has 0 aliphatic heterocycles. The zero-order valence-electron chi connectivity index (χ0n) is 13.8. The molecule has 22 heavy (non-hydrogen) atoms. The van der Waals surface area contributed by atoms with Gasteiger partial charge in [0.15, 0.2) is 11.2 Å². The van der Waals surface area contributed by atoms with Crippen molar-refractivity contribution in [3.8, 4) is 0 Å². The lowest BCUT2D eigenvalue weighted by Gasteiger charge is -2.10. The van der Waals surface area contributed by atoms with Crippen LogP contribution in [0.5, 0.6) is 0 Å². The SMILES string of the molecule is CCCn1c(=O)n(C)c(=O)c2c1nc(CC(C)C)n2CCN. The zero-order chi connectivity index (χ0) is 16.4. The molecule has 0 unspecified atom stereocenters. The molecule has 7 heteroatoms. The molecule has 0 aromatic carbocycles. The summed E-state index contributed by atoms with van der Waals surface area (Å²) < 4.78 is 4.63. The van der Waals surface area contributed by atoms with Crippen LogP contribution in [-0.4, -0.2) is 25.2 Å². The van der Waals surface area contributed by atoms with Gasteiger partial charge in [0.1, 0.15) is 5.82 Å². The Bertz CT molecular complexity index is 782. The quantitative estimate of drug-likeness (QED) is 0.840. The number of nitrogens with zero attached hydrogens (tertiary/aromatic N) is 4. The van der Waals surface area contributed by atoms with Crippen molar-refractivity contribution in [1.29, 1.82) is 0 Å². The molecule has 2 rings (SSSR count). The molecule has 0 bridgehead atoms. The Balaban J connectivity index is 2.87. The third-order valence-corrected chi connectivity index (χ3v) is 3.70. The molecule has 0 saturated carbocycles. The van der Waals surface area contributed by atoms with E-state index in [4.69, 9.17) is 5.73 Å². The van der Waals surface area contributed by atoms with E-state index in [1.807, 2.05) is 11.5 Å². The Morgan fingerprint density at radius 1 is 1.18 bits per heavy atom. The first kappa shape index (κ1) is 16.5. The number of imidazole rings is 1. The Kier molecular flexibility index (Phi) is 4.85. The highest BCUT2D eigenvalue weighted by Crippen LogP contribution is 2.15. The van der Waals surface area contributed by atoms with Crippen LogP contribution in [0.25, 0.3) is 11.2 Å². The molecule has 2 N–H and O–H groups in total. The number of hydrogen-bond acceptors (Lipinski definition) is 4. The van der Waals surface area contributed by atoms with Gasteiger partial charge in [0, 0.05) is 33.1 Å². The summed E-state index contributed by atoms with van der Waals surface area (Å²) >= 11 is 0. The van der Waals surface area contributed by atoms with E-state index in [2.05, 4.69) is 18.8 Å². The van der Waals surface area contributed by atoms with E-state index >= 15 is 0 Å². The summed E-state index contributed by atoms with van der Waals surface area (Å²) in [5, 5.41) is 0. The van der Waals surface area contributed by atoms with Crippen molar-refractivity contribution < 1.29 is 0 Å². The lowest BCUT2D eigenvalue weighted by atomic mass is 10.1. The van der Waals surface area contributed by atoms with Gasteiger partial charge in [-0.15, -0.1) is 0 Å². The molecule has 122 valence electrons. The normalized spacial score (nSPS) is 11.7. The fourth-order valence-electron chi connectivity index (χ4n) is 2.72. The van der Waals surface area contributed by atoms with E-state index in [-0.39, 0.29) is 11.2 Å². The number of nitrogens with two attached hydrogens (primary N) is 1. The topological polar surface area (TPSA) is 87.8 Å². The molecule has 0 spiro atoms. The van der Waals surface area contributed by atoms with Crippen LogP contribution >= 0.6 is 0 Å². The molecular formula is C15H25N5O2. The summed E-state index contributed by atoms with van der Waals surface area (Å²) in [6.45, 7) is 7.69. The van der Waals surface area contributed by atoms with Crippen LogP contribution in [0.4, 0.5) is 0 Å². The van der Waals surface area contributed by atoms with Crippen LogP contribution in [-0.2, 0) is 26.6 Å². The highest BCUT2D eigenvalue weighted by Gasteiger charge is 2.20. The van der Waals surface area contributed by atoms with E-state index in [1.54, 1.807) is 4.57 Å². The third kappa shape index (κ3) is 2.72. The van der Waals surface area contributed by atoms with Crippen LogP contribution in [0.2, 0.25) is 0 Å². The first-order chi connectivity index (χ1) is 10.4. The second kappa shape index (κ2) is 6.48. The predicted octanol–water partition coefficient (Wildman–Crippen LogP) is 0.464. The minimum atomic E-state index is -0.312. The average molecular weight is 307 g/mol. The largest absolute Gasteiger partial charge is 0.332 e. The zero-order valence-corrected chi connectivity index (χ0v) is 13.8. The standard InChI is InChI=1S/C15H25N5O2/c1-5-7-20-13-12(14(21)18(4)15(20)22)19(8-6-16)11(17-13)9-10(2)3/h10H,5-9,16H2,1-4H3. The summed E-state index contributed by atoms with van der Waals surface area (Å²) in [7, 11) is 1.51. The van der Waals surface area contributed by atoms with Gasteiger partial charge in [0.2, 0.25) is 0 Å². The molecule has 0 radical (unpaired) electrons. The molecular weight excluding hydrogens is 282 g/mol. The highest BCUT2D eigenvalue weighted by molar-refractivity contribution is 5.71. The van der Waals surface area contributed by atoms with E-state index < -0.39 is 0 Å². The highest BCUT2D eigenvalue weighted by atomic mass is 16.2. The predicted molar refractivity (Wildman–Crippen MR) is 87.1 cm³/mol. The van der Waals surface area contributed by atoms with Crippen molar-refractivity contribution >= 4 is 11.2 Å². The van der Waals surface area contributed by atoms with E-state index in [1.165, 1.54) is 7.05 Å². The van der Waals surface area contributed by atoms with Crippen LogP contribution in [0.1, 0.15) is 33.0 Å². The van der Waals surface area contributed by atoms with Crippen LogP contribution in [0, 0.1) is 5.92 Å². The maximum absolute atomic E-state index is 12.5. The van der Waals surface area contributed by atoms with Crippen molar-refractivity contribution in [1.82, 2.24) is 18.7 Å². The van der Waals surface area contributed by atoms with Gasteiger partial charge in [0.25, 0.3) is 5.56 Å². The third-order valence-electron chi connectivity index (χ3n) is 3.70. The van der Waals surface area contributed by atoms with E-state index in [0.29, 0.717) is 36.7 Å². The molecule has 2 heterocycles. The summed E-state index contributed by atoms with van der Waals surface area (Å²) in [4.78, 5) is 29.5. The summed E-state index contributed by atoms with van der Waals surface area (Å²) in [6.07, 6.45) is 1.55. The van der Waals surface area contributed by atoms with Crippen molar-refractivity contribution in [2.45, 2.75) is 46.7 Å². The summed E-state index contributed by atoms with van der Waals surface area (Å²) in [5.41, 5.74) is 6.05. The smallest absolute Gasteiger partial charge is 0.329 e. The number of rotatable bonds is 6. The first-order valence-corrected chi connectivity index (χ1v) is 7.81. The second-order valence-corrected chi connectivity index (χ2v) is 6.04. The van der Waals surface area contributed by atoms with Crippen molar-refractivity contribution in [2.24, 2.45) is 18.7 Å². The fourth-order valence-corrected chi connectivity index (χ4v) is 2.72. The first-order valence-electron chi connectivity index (χ1n) is 7.81. The lowest BCUT2D eigenvalue weighted by Crippen LogP contribution is -2.39. The van der Waals surface area contributed by atoms with Gasteiger partial charge in [-0.05, 0) is 12.3 Å². The molecule has 2 aromatic heterocycles. The Morgan fingerprint density at radius 3 is 2.41 bits per heavy atom. The monoisotopic (exact) mass is 307 g/mol. The maximum atomic E-state index is 12.5. The minimum absolute atomic E-state index is 0.302. The van der Waals surface area contributed by atoms with Crippen LogP contribution < -0.4 is 17.0 Å². The Morgan fingerprint density at radius 2 is 1.86 bits per heavy atom. The van der Waals surface area contributed by atoms with Gasteiger partial charge < -0.3 is 10.3 Å². The van der Waals surface area contributed by atoms with Gasteiger partial charge in [0.05, 0.1) is 0 Å². The van der Waals surface area contributed by atoms with E-state index in [9.17, 15) is 9.59 Å². The lowest BCUT2D eigenvalue weighted by molar-refractivity contribution is 0.580.